The average molecular weight is 326 g/mol. The Morgan fingerprint density at radius 3 is 2.62 bits per heavy atom. The molecule has 3 rings (SSSR count). The molecule has 0 spiro atoms. The lowest BCUT2D eigenvalue weighted by Crippen LogP contribution is -2.38. The van der Waals surface area contributed by atoms with Gasteiger partial charge in [0.2, 0.25) is 11.9 Å². The molecule has 2 aromatic rings. The largest absolute Gasteiger partial charge is 0.342 e. The molecule has 7 nitrogen and oxygen atoms in total. The molecule has 24 heavy (non-hydrogen) atoms. The van der Waals surface area contributed by atoms with Crippen molar-refractivity contribution in [2.45, 2.75) is 39.5 Å². The lowest BCUT2D eigenvalue weighted by atomic mass is 9.94. The van der Waals surface area contributed by atoms with Gasteiger partial charge in [-0.25, -0.2) is 15.0 Å². The number of likely N-dealkylation sites (tertiary alicyclic amines) is 1. The van der Waals surface area contributed by atoms with E-state index in [1.165, 1.54) is 0 Å². The van der Waals surface area contributed by atoms with Crippen LogP contribution in [0.3, 0.4) is 0 Å². The highest BCUT2D eigenvalue weighted by Crippen LogP contribution is 2.30. The summed E-state index contributed by atoms with van der Waals surface area (Å²) < 4.78 is 0. The summed E-state index contributed by atoms with van der Waals surface area (Å²) in [6.07, 6.45) is 5.31. The minimum absolute atomic E-state index is 0.107. The van der Waals surface area contributed by atoms with Crippen LogP contribution in [-0.4, -0.2) is 43.8 Å². The van der Waals surface area contributed by atoms with Crippen molar-refractivity contribution in [3.8, 4) is 0 Å². The first-order valence-corrected chi connectivity index (χ1v) is 8.18. The van der Waals surface area contributed by atoms with Crippen LogP contribution in [0.2, 0.25) is 0 Å². The predicted molar refractivity (Wildman–Crippen MR) is 91.0 cm³/mol. The molecule has 0 aromatic carbocycles. The monoisotopic (exact) mass is 326 g/mol. The highest BCUT2D eigenvalue weighted by molar-refractivity contribution is 5.73. The van der Waals surface area contributed by atoms with Gasteiger partial charge in [-0.3, -0.25) is 9.78 Å². The SMILES string of the molecule is CC(=O)N1CCCC(c2nccnc2Nc2nc(C)cc(C)n2)C1. The summed E-state index contributed by atoms with van der Waals surface area (Å²) in [5.41, 5.74) is 2.66. The van der Waals surface area contributed by atoms with Gasteiger partial charge >= 0.3 is 0 Å². The van der Waals surface area contributed by atoms with Crippen LogP contribution in [-0.2, 0) is 4.79 Å². The van der Waals surface area contributed by atoms with Crippen LogP contribution < -0.4 is 5.32 Å². The number of aromatic nitrogens is 4. The van der Waals surface area contributed by atoms with Crippen molar-refractivity contribution in [1.82, 2.24) is 24.8 Å². The summed E-state index contributed by atoms with van der Waals surface area (Å²) in [5.74, 6) is 1.46. The fourth-order valence-electron chi connectivity index (χ4n) is 3.12. The van der Waals surface area contributed by atoms with E-state index in [2.05, 4.69) is 25.3 Å². The van der Waals surface area contributed by atoms with Crippen LogP contribution in [0, 0.1) is 13.8 Å². The number of rotatable bonds is 3. The molecule has 1 N–H and O–H groups in total. The Morgan fingerprint density at radius 2 is 1.92 bits per heavy atom. The molecule has 0 aliphatic carbocycles. The Kier molecular flexibility index (Phi) is 4.69. The molecule has 1 unspecified atom stereocenters. The van der Waals surface area contributed by atoms with Gasteiger partial charge in [0.25, 0.3) is 0 Å². The Balaban J connectivity index is 1.86. The van der Waals surface area contributed by atoms with E-state index in [0.29, 0.717) is 18.3 Å². The van der Waals surface area contributed by atoms with E-state index in [9.17, 15) is 4.79 Å². The highest BCUT2D eigenvalue weighted by Gasteiger charge is 2.26. The molecule has 3 heterocycles. The van der Waals surface area contributed by atoms with Gasteiger partial charge in [0.15, 0.2) is 5.82 Å². The van der Waals surface area contributed by atoms with Gasteiger partial charge in [-0.2, -0.15) is 0 Å². The van der Waals surface area contributed by atoms with Crippen molar-refractivity contribution < 1.29 is 4.79 Å². The summed E-state index contributed by atoms with van der Waals surface area (Å²) in [6.45, 7) is 6.97. The third-order valence-electron chi connectivity index (χ3n) is 4.19. The summed E-state index contributed by atoms with van der Waals surface area (Å²) >= 11 is 0. The van der Waals surface area contributed by atoms with Crippen LogP contribution in [0.4, 0.5) is 11.8 Å². The van der Waals surface area contributed by atoms with Crippen molar-refractivity contribution >= 4 is 17.7 Å². The van der Waals surface area contributed by atoms with Crippen molar-refractivity contribution in [3.05, 3.63) is 35.5 Å². The maximum atomic E-state index is 11.7. The smallest absolute Gasteiger partial charge is 0.228 e. The molecule has 1 fully saturated rings. The fraction of sp³-hybridized carbons (Fsp3) is 0.471. The molecule has 7 heteroatoms. The lowest BCUT2D eigenvalue weighted by Gasteiger charge is -2.32. The van der Waals surface area contributed by atoms with E-state index in [1.807, 2.05) is 24.8 Å². The van der Waals surface area contributed by atoms with Gasteiger partial charge in [0, 0.05) is 49.7 Å². The number of aryl methyl sites for hydroxylation is 2. The van der Waals surface area contributed by atoms with Crippen LogP contribution >= 0.6 is 0 Å². The minimum Gasteiger partial charge on any atom is -0.342 e. The zero-order valence-electron chi connectivity index (χ0n) is 14.3. The van der Waals surface area contributed by atoms with E-state index in [1.54, 1.807) is 19.3 Å². The second-order valence-corrected chi connectivity index (χ2v) is 6.19. The lowest BCUT2D eigenvalue weighted by molar-refractivity contribution is -0.130. The molecule has 0 bridgehead atoms. The first-order chi connectivity index (χ1) is 11.5. The van der Waals surface area contributed by atoms with Gasteiger partial charge in [-0.05, 0) is 32.8 Å². The van der Waals surface area contributed by atoms with Crippen molar-refractivity contribution in [1.29, 1.82) is 0 Å². The third-order valence-corrected chi connectivity index (χ3v) is 4.19. The van der Waals surface area contributed by atoms with Crippen LogP contribution in [0.1, 0.15) is 42.8 Å². The van der Waals surface area contributed by atoms with Crippen molar-refractivity contribution in [2.75, 3.05) is 18.4 Å². The van der Waals surface area contributed by atoms with Crippen molar-refractivity contribution in [3.63, 3.8) is 0 Å². The Morgan fingerprint density at radius 1 is 1.21 bits per heavy atom. The van der Waals surface area contributed by atoms with Gasteiger partial charge < -0.3 is 10.2 Å². The summed E-state index contributed by atoms with van der Waals surface area (Å²) in [6, 6.07) is 1.93. The summed E-state index contributed by atoms with van der Waals surface area (Å²) in [5, 5.41) is 3.20. The van der Waals surface area contributed by atoms with E-state index in [0.717, 1.165) is 36.5 Å². The van der Waals surface area contributed by atoms with Crippen molar-refractivity contribution in [2.24, 2.45) is 0 Å². The number of carbonyl (C=O) groups is 1. The molecule has 0 radical (unpaired) electrons. The number of anilines is 2. The molecule has 126 valence electrons. The van der Waals surface area contributed by atoms with E-state index >= 15 is 0 Å². The Labute approximate surface area is 141 Å². The van der Waals surface area contributed by atoms with Crippen LogP contribution in [0.25, 0.3) is 0 Å². The first kappa shape index (κ1) is 16.3. The molecule has 1 aliphatic heterocycles. The molecule has 1 atom stereocenters. The molecule has 0 saturated carbocycles. The molecular formula is C17H22N6O. The molecule has 1 aliphatic rings. The number of carbonyl (C=O) groups excluding carboxylic acids is 1. The zero-order chi connectivity index (χ0) is 17.1. The molecule has 1 saturated heterocycles. The number of piperidine rings is 1. The Hall–Kier alpha value is -2.57. The van der Waals surface area contributed by atoms with Crippen LogP contribution in [0.5, 0.6) is 0 Å². The predicted octanol–water partition coefficient (Wildman–Crippen LogP) is 2.35. The van der Waals surface area contributed by atoms with Gasteiger partial charge in [0.1, 0.15) is 0 Å². The quantitative estimate of drug-likeness (QED) is 0.932. The average Bonchev–Trinajstić information content (AvgIpc) is 2.54. The second kappa shape index (κ2) is 6.90. The number of hydrogen-bond donors (Lipinski definition) is 1. The number of nitrogens with one attached hydrogen (secondary N) is 1. The second-order valence-electron chi connectivity index (χ2n) is 6.19. The van der Waals surface area contributed by atoms with Gasteiger partial charge in [-0.1, -0.05) is 0 Å². The number of hydrogen-bond acceptors (Lipinski definition) is 6. The topological polar surface area (TPSA) is 83.9 Å². The maximum Gasteiger partial charge on any atom is 0.228 e. The van der Waals surface area contributed by atoms with Crippen LogP contribution in [0.15, 0.2) is 18.5 Å². The highest BCUT2D eigenvalue weighted by atomic mass is 16.2. The molecule has 2 aromatic heterocycles. The maximum absolute atomic E-state index is 11.7. The molecule has 1 amide bonds. The summed E-state index contributed by atoms with van der Waals surface area (Å²) in [7, 11) is 0. The standard InChI is InChI=1S/C17H22N6O/c1-11-9-12(2)21-17(20-11)22-16-15(18-6-7-19-16)14-5-4-8-23(10-14)13(3)24/h6-7,9,14H,4-5,8,10H2,1-3H3,(H,19,20,21,22). The van der Waals surface area contributed by atoms with E-state index in [4.69, 9.17) is 0 Å². The summed E-state index contributed by atoms with van der Waals surface area (Å²) in [4.78, 5) is 31.3. The fourth-order valence-corrected chi connectivity index (χ4v) is 3.12. The Bertz CT molecular complexity index is 727. The van der Waals surface area contributed by atoms with Gasteiger partial charge in [-0.15, -0.1) is 0 Å². The van der Waals surface area contributed by atoms with E-state index in [-0.39, 0.29) is 11.8 Å². The third kappa shape index (κ3) is 3.67. The van der Waals surface area contributed by atoms with E-state index < -0.39 is 0 Å². The minimum atomic E-state index is 0.107. The first-order valence-electron chi connectivity index (χ1n) is 8.18. The number of nitrogens with zero attached hydrogens (tertiary/aromatic N) is 5. The normalized spacial score (nSPS) is 17.6. The zero-order valence-corrected chi connectivity index (χ0v) is 14.3. The number of amides is 1. The van der Waals surface area contributed by atoms with Gasteiger partial charge in [0.05, 0.1) is 5.69 Å². The molecular weight excluding hydrogens is 304 g/mol.